The van der Waals surface area contributed by atoms with E-state index in [2.05, 4.69) is 120 Å². The molecule has 0 radical (unpaired) electrons. The molecule has 1 fully saturated rings. The van der Waals surface area contributed by atoms with E-state index in [4.69, 9.17) is 22.5 Å². The van der Waals surface area contributed by atoms with Gasteiger partial charge in [0.1, 0.15) is 0 Å². The van der Waals surface area contributed by atoms with Gasteiger partial charge >= 0.3 is 0 Å². The smallest absolute Gasteiger partial charge is 0.0861 e. The number of hydrogen-bond acceptors (Lipinski definition) is 0. The molecule has 274 valence electrons. The third kappa shape index (κ3) is 11.1. The molecular formula is C40H70Cl2P6. The maximum Gasteiger partial charge on any atom is 0.0861 e. The summed E-state index contributed by atoms with van der Waals surface area (Å²) in [7, 11) is 3.13. The van der Waals surface area contributed by atoms with Crippen LogP contribution in [0.1, 0.15) is 106 Å². The van der Waals surface area contributed by atoms with E-state index >= 15 is 0 Å². The van der Waals surface area contributed by atoms with Crippen LogP contribution in [0.5, 0.6) is 0 Å². The Morgan fingerprint density at radius 1 is 0.521 bits per heavy atom. The van der Waals surface area contributed by atoms with Crippen molar-refractivity contribution in [1.82, 2.24) is 0 Å². The number of hydrogen-bond donors (Lipinski definition) is 0. The molecule has 3 aromatic rings. The average molecular weight is 808 g/mol. The SMILES string of the molecule is Cc1c(C)c(C)p(CCP(Cl)Cl)c1C.Cc1c(C)c(C)p(CCP)c1C.Cc1c(C)c(C)p(CCP2[C@@H](C(C)C)CC[C@@H]2C(C)C)c1C. The van der Waals surface area contributed by atoms with E-state index in [1.54, 1.807) is 54.0 Å². The van der Waals surface area contributed by atoms with E-state index in [1.807, 2.05) is 0 Å². The van der Waals surface area contributed by atoms with Crippen molar-refractivity contribution in [3.05, 3.63) is 65.2 Å². The summed E-state index contributed by atoms with van der Waals surface area (Å²) in [5, 5.41) is 9.90. The molecule has 3 atom stereocenters. The first kappa shape index (κ1) is 45.4. The zero-order valence-electron chi connectivity index (χ0n) is 33.5. The van der Waals surface area contributed by atoms with Crippen LogP contribution in [0.3, 0.4) is 0 Å². The lowest BCUT2D eigenvalue weighted by atomic mass is 10.0. The second-order valence-electron chi connectivity index (χ2n) is 15.0. The van der Waals surface area contributed by atoms with E-state index in [0.29, 0.717) is 0 Å². The molecular weight excluding hydrogens is 737 g/mol. The van der Waals surface area contributed by atoms with Crippen LogP contribution in [0.2, 0.25) is 0 Å². The average Bonchev–Trinajstić information content (AvgIpc) is 3.66. The van der Waals surface area contributed by atoms with Gasteiger partial charge in [-0.15, -0.1) is 31.8 Å². The van der Waals surface area contributed by atoms with Gasteiger partial charge in [0, 0.05) is 6.16 Å². The maximum absolute atomic E-state index is 5.83. The monoisotopic (exact) mass is 806 g/mol. The molecule has 4 rings (SSSR count). The molecule has 4 heterocycles. The molecule has 0 amide bonds. The van der Waals surface area contributed by atoms with Crippen LogP contribution in [-0.4, -0.2) is 29.8 Å². The molecule has 48 heavy (non-hydrogen) atoms. The molecule has 0 nitrogen and oxygen atoms in total. The predicted octanol–water partition coefficient (Wildman–Crippen LogP) is 16.7. The lowest BCUT2D eigenvalue weighted by Crippen LogP contribution is -2.16. The van der Waals surface area contributed by atoms with Gasteiger partial charge in [-0.25, -0.2) is 0 Å². The van der Waals surface area contributed by atoms with Gasteiger partial charge in [-0.3, -0.25) is 0 Å². The summed E-state index contributed by atoms with van der Waals surface area (Å²) in [5.41, 5.74) is 11.4. The van der Waals surface area contributed by atoms with Gasteiger partial charge in [0.2, 0.25) is 0 Å². The Kier molecular flexibility index (Phi) is 19.5. The van der Waals surface area contributed by atoms with Gasteiger partial charge < -0.3 is 0 Å². The van der Waals surface area contributed by atoms with Crippen molar-refractivity contribution in [3.63, 3.8) is 0 Å². The molecule has 8 heteroatoms. The minimum Gasteiger partial charge on any atom is -0.137 e. The van der Waals surface area contributed by atoms with Crippen molar-refractivity contribution in [2.24, 2.45) is 11.8 Å². The molecule has 0 spiro atoms. The Balaban J connectivity index is 0.000000266. The van der Waals surface area contributed by atoms with Gasteiger partial charge in [0.25, 0.3) is 0 Å². The Morgan fingerprint density at radius 2 is 0.812 bits per heavy atom. The summed E-state index contributed by atoms with van der Waals surface area (Å²) in [5.74, 6) is 1.78. The highest BCUT2D eigenvalue weighted by Crippen LogP contribution is 2.62. The summed E-state index contributed by atoms with van der Waals surface area (Å²) in [6, 6.07) is 0. The zero-order valence-corrected chi connectivity index (χ0v) is 40.7. The van der Waals surface area contributed by atoms with Crippen molar-refractivity contribution in [2.45, 2.75) is 153 Å². The van der Waals surface area contributed by atoms with Gasteiger partial charge in [0.05, 0.1) is 6.63 Å². The van der Waals surface area contributed by atoms with Crippen LogP contribution >= 0.6 is 68.9 Å². The second-order valence-corrected chi connectivity index (χ2v) is 30.3. The molecule has 0 aromatic carbocycles. The third-order valence-electron chi connectivity index (χ3n) is 11.9. The first-order valence-corrected chi connectivity index (χ1v) is 28.6. The molecule has 1 saturated heterocycles. The van der Waals surface area contributed by atoms with Crippen LogP contribution in [0.25, 0.3) is 0 Å². The standard InChI is InChI=1S/C20H36P2.C10H16Cl2P2.C10H18P2/c1-13(2)19-9-10-20(14(3)4)22(19)12-11-21-17(7)15(5)16(6)18(21)8;1-7-8(2)10(4)13(9(7)3)5-6-14(11)12;1-7-8(2)10(4)12(6-5-11)9(7)3/h13-14,19-20H,9-12H2,1-8H3;5-6H2,1-4H3;5-6,11H2,1-4H3/t19-,20-;;/m1../s1. The second kappa shape index (κ2) is 20.6. The summed E-state index contributed by atoms with van der Waals surface area (Å²) >= 11 is 11.7. The van der Waals surface area contributed by atoms with E-state index in [-0.39, 0.29) is 30.5 Å². The number of halogens is 2. The largest absolute Gasteiger partial charge is 0.137 e. The Bertz CT molecular complexity index is 1380. The summed E-state index contributed by atoms with van der Waals surface area (Å²) in [6.45, 7) is 36.7. The van der Waals surface area contributed by atoms with Gasteiger partial charge in [0.15, 0.2) is 0 Å². The molecule has 3 aromatic heterocycles. The summed E-state index contributed by atoms with van der Waals surface area (Å²) in [4.78, 5) is 0. The van der Waals surface area contributed by atoms with E-state index in [9.17, 15) is 0 Å². The topological polar surface area (TPSA) is 0 Å². The van der Waals surface area contributed by atoms with Crippen molar-refractivity contribution in [2.75, 3.05) is 18.5 Å². The van der Waals surface area contributed by atoms with Crippen LogP contribution < -0.4 is 0 Å². The van der Waals surface area contributed by atoms with Crippen LogP contribution in [-0.2, 0) is 18.5 Å². The van der Waals surface area contributed by atoms with E-state index < -0.39 is 6.63 Å². The minimum atomic E-state index is -0.768. The Morgan fingerprint density at radius 3 is 1.08 bits per heavy atom. The highest BCUT2D eigenvalue weighted by atomic mass is 35.9. The molecule has 1 aliphatic heterocycles. The molecule has 0 saturated carbocycles. The normalized spacial score (nSPS) is 16.6. The van der Waals surface area contributed by atoms with Gasteiger partial charge in [-0.05, 0) is 215 Å². The first-order valence-electron chi connectivity index (χ1n) is 18.2. The highest BCUT2D eigenvalue weighted by molar-refractivity contribution is 8.04. The van der Waals surface area contributed by atoms with Crippen LogP contribution in [0.15, 0.2) is 0 Å². The van der Waals surface area contributed by atoms with E-state index in [1.165, 1.54) is 54.8 Å². The maximum atomic E-state index is 5.83. The number of rotatable bonds is 10. The van der Waals surface area contributed by atoms with Crippen LogP contribution in [0.4, 0.5) is 0 Å². The highest BCUT2D eigenvalue weighted by Gasteiger charge is 2.38. The van der Waals surface area contributed by atoms with Gasteiger partial charge in [-0.1, -0.05) is 58.1 Å². The Labute approximate surface area is 316 Å². The lowest BCUT2D eigenvalue weighted by molar-refractivity contribution is 0.543. The fourth-order valence-electron chi connectivity index (χ4n) is 7.81. The molecule has 0 aliphatic carbocycles. The molecule has 0 N–H and O–H groups in total. The van der Waals surface area contributed by atoms with Crippen molar-refractivity contribution in [3.8, 4) is 0 Å². The quantitative estimate of drug-likeness (QED) is 0.179. The van der Waals surface area contributed by atoms with Crippen LogP contribution in [0, 0.1) is 94.9 Å². The fourth-order valence-corrected chi connectivity index (χ4v) is 23.9. The Hall–Kier alpha value is 1.21. The summed E-state index contributed by atoms with van der Waals surface area (Å²) < 4.78 is 0. The lowest BCUT2D eigenvalue weighted by Gasteiger charge is -2.30. The predicted molar refractivity (Wildman–Crippen MR) is 241 cm³/mol. The molecule has 1 unspecified atom stereocenters. The fraction of sp³-hybridized carbons (Fsp3) is 0.700. The first-order chi connectivity index (χ1) is 22.3. The van der Waals surface area contributed by atoms with Gasteiger partial charge in [-0.2, -0.15) is 0 Å². The molecule has 1 aliphatic rings. The van der Waals surface area contributed by atoms with Crippen molar-refractivity contribution < 1.29 is 0 Å². The molecule has 0 bridgehead atoms. The van der Waals surface area contributed by atoms with Crippen molar-refractivity contribution in [1.29, 1.82) is 0 Å². The zero-order chi connectivity index (χ0) is 36.8. The summed E-state index contributed by atoms with van der Waals surface area (Å²) in [6.07, 6.45) is 10.7. The third-order valence-corrected chi connectivity index (χ3v) is 28.1. The van der Waals surface area contributed by atoms with E-state index in [0.717, 1.165) is 29.3 Å². The van der Waals surface area contributed by atoms with Crippen molar-refractivity contribution >= 4 is 68.9 Å². The minimum absolute atomic E-state index is 0.0364.